The fraction of sp³-hybridized carbons (Fsp3) is 0.364. The quantitative estimate of drug-likeness (QED) is 0.432. The molecule has 1 aliphatic carbocycles. The lowest BCUT2D eigenvalue weighted by molar-refractivity contribution is -0.526. The second kappa shape index (κ2) is 3.52. The molecule has 0 fully saturated rings. The summed E-state index contributed by atoms with van der Waals surface area (Å²) in [5.41, 5.74) is 1.44. The molecule has 2 heterocycles. The van der Waals surface area contributed by atoms with E-state index in [1.165, 1.54) is 23.4 Å². The Kier molecular flexibility index (Phi) is 2.14. The zero-order chi connectivity index (χ0) is 11.1. The molecular weight excluding hydrogens is 224 g/mol. The van der Waals surface area contributed by atoms with E-state index >= 15 is 0 Å². The van der Waals surface area contributed by atoms with Crippen molar-refractivity contribution < 1.29 is 9.32 Å². The number of rotatable bonds is 1. The molecule has 0 N–H and O–H groups in total. The van der Waals surface area contributed by atoms with E-state index in [0.717, 1.165) is 17.7 Å². The summed E-state index contributed by atoms with van der Waals surface area (Å²) in [6, 6.07) is 3.43. The van der Waals surface area contributed by atoms with E-state index in [0.29, 0.717) is 0 Å². The average Bonchev–Trinajstić information content (AvgIpc) is 2.66. The number of aryl methyl sites for hydroxylation is 2. The Morgan fingerprint density at radius 1 is 1.31 bits per heavy atom. The molecule has 0 bridgehead atoms. The number of pyridine rings is 1. The molecule has 0 aliphatic heterocycles. The van der Waals surface area contributed by atoms with Gasteiger partial charge in [-0.3, -0.25) is 10.1 Å². The lowest BCUT2D eigenvalue weighted by atomic mass is 10.0. The highest BCUT2D eigenvalue weighted by molar-refractivity contribution is 7.17. The third-order valence-electron chi connectivity index (χ3n) is 3.01. The maximum atomic E-state index is 10.7. The first-order valence-corrected chi connectivity index (χ1v) is 6.18. The van der Waals surface area contributed by atoms with Gasteiger partial charge in [-0.2, -0.15) is 0 Å². The second-order valence-electron chi connectivity index (χ2n) is 4.03. The Labute approximate surface area is 96.3 Å². The number of hydrogen-bond donors (Lipinski definition) is 0. The first-order valence-electron chi connectivity index (χ1n) is 5.36. The van der Waals surface area contributed by atoms with E-state index in [1.807, 2.05) is 10.5 Å². The molecule has 0 saturated carbocycles. The van der Waals surface area contributed by atoms with Crippen LogP contribution < -0.4 is 4.40 Å². The van der Waals surface area contributed by atoms with E-state index in [1.54, 1.807) is 23.6 Å². The van der Waals surface area contributed by atoms with Crippen LogP contribution in [0.15, 0.2) is 18.3 Å². The van der Waals surface area contributed by atoms with Crippen molar-refractivity contribution in [1.82, 2.24) is 0 Å². The second-order valence-corrected chi connectivity index (χ2v) is 5.15. The minimum absolute atomic E-state index is 0.170. The van der Waals surface area contributed by atoms with Crippen molar-refractivity contribution in [3.63, 3.8) is 0 Å². The first-order chi connectivity index (χ1) is 7.75. The molecule has 2 aromatic rings. The fourth-order valence-corrected chi connectivity index (χ4v) is 3.45. The van der Waals surface area contributed by atoms with Crippen LogP contribution in [0.4, 0.5) is 5.69 Å². The highest BCUT2D eigenvalue weighted by Gasteiger charge is 2.25. The normalized spacial score (nSPS) is 15.0. The van der Waals surface area contributed by atoms with Crippen LogP contribution in [0, 0.1) is 10.1 Å². The summed E-state index contributed by atoms with van der Waals surface area (Å²) in [5, 5.41) is 10.7. The van der Waals surface area contributed by atoms with Gasteiger partial charge in [0.25, 0.3) is 11.0 Å². The largest absolute Gasteiger partial charge is 0.332 e. The van der Waals surface area contributed by atoms with Crippen molar-refractivity contribution in [3.05, 3.63) is 39.0 Å². The first kappa shape index (κ1) is 9.72. The maximum absolute atomic E-state index is 10.7. The molecule has 0 aromatic carbocycles. The van der Waals surface area contributed by atoms with Crippen LogP contribution in [0.25, 0.3) is 4.83 Å². The van der Waals surface area contributed by atoms with Crippen molar-refractivity contribution in [3.8, 4) is 0 Å². The maximum Gasteiger partial charge on any atom is 0.332 e. The monoisotopic (exact) mass is 235 g/mol. The predicted molar refractivity (Wildman–Crippen MR) is 60.8 cm³/mol. The highest BCUT2D eigenvalue weighted by atomic mass is 32.1. The Morgan fingerprint density at radius 2 is 2.12 bits per heavy atom. The van der Waals surface area contributed by atoms with Gasteiger partial charge in [0.2, 0.25) is 5.69 Å². The van der Waals surface area contributed by atoms with Gasteiger partial charge in [0.15, 0.2) is 0 Å². The molecule has 5 heteroatoms. The van der Waals surface area contributed by atoms with Crippen LogP contribution >= 0.6 is 11.3 Å². The smallest absolute Gasteiger partial charge is 0.258 e. The minimum Gasteiger partial charge on any atom is -0.258 e. The summed E-state index contributed by atoms with van der Waals surface area (Å²) in [6.45, 7) is 0. The Hall–Kier alpha value is -1.49. The number of nitro groups is 1. The van der Waals surface area contributed by atoms with Crippen molar-refractivity contribution in [2.24, 2.45) is 0 Å². The summed E-state index contributed by atoms with van der Waals surface area (Å²) in [4.78, 5) is 12.9. The molecule has 3 rings (SSSR count). The van der Waals surface area contributed by atoms with Gasteiger partial charge in [-0.1, -0.05) is 11.3 Å². The molecule has 1 aliphatic rings. The number of aromatic nitrogens is 1. The Morgan fingerprint density at radius 3 is 2.94 bits per heavy atom. The van der Waals surface area contributed by atoms with E-state index in [4.69, 9.17) is 0 Å². The Bertz CT molecular complexity index is 577. The number of fused-ring (bicyclic) bond motifs is 3. The van der Waals surface area contributed by atoms with Crippen LogP contribution in [-0.4, -0.2) is 4.92 Å². The molecule has 0 unspecified atom stereocenters. The molecule has 0 saturated heterocycles. The fourth-order valence-electron chi connectivity index (χ4n) is 2.23. The van der Waals surface area contributed by atoms with Crippen LogP contribution in [0.1, 0.15) is 23.4 Å². The molecule has 4 nitrogen and oxygen atoms in total. The third kappa shape index (κ3) is 1.39. The zero-order valence-corrected chi connectivity index (χ0v) is 9.50. The summed E-state index contributed by atoms with van der Waals surface area (Å²) < 4.78 is 2.00. The molecule has 16 heavy (non-hydrogen) atoms. The van der Waals surface area contributed by atoms with Crippen molar-refractivity contribution in [2.45, 2.75) is 25.7 Å². The Balaban J connectivity index is 2.25. The van der Waals surface area contributed by atoms with Crippen LogP contribution in [-0.2, 0) is 12.8 Å². The lowest BCUT2D eigenvalue weighted by Gasteiger charge is -2.04. The van der Waals surface area contributed by atoms with Crippen LogP contribution in [0.5, 0.6) is 0 Å². The molecular formula is C11H11N2O2S+. The van der Waals surface area contributed by atoms with Gasteiger partial charge < -0.3 is 0 Å². The molecule has 0 amide bonds. The van der Waals surface area contributed by atoms with Gasteiger partial charge in [-0.05, 0) is 19.3 Å². The number of hydrogen-bond acceptors (Lipinski definition) is 3. The molecule has 0 spiro atoms. The standard InChI is InChI=1S/C11H11N2O2S/c14-13(15)8-5-6-11-12(7-8)9-3-1-2-4-10(9)16-11/h5-7H,1-4H2/q+1. The van der Waals surface area contributed by atoms with E-state index in [9.17, 15) is 10.1 Å². The van der Waals surface area contributed by atoms with E-state index < -0.39 is 0 Å². The van der Waals surface area contributed by atoms with Crippen LogP contribution in [0.2, 0.25) is 0 Å². The van der Waals surface area contributed by atoms with Gasteiger partial charge in [0.1, 0.15) is 0 Å². The summed E-state index contributed by atoms with van der Waals surface area (Å²) in [5.74, 6) is 0. The van der Waals surface area contributed by atoms with Gasteiger partial charge in [-0.25, -0.2) is 0 Å². The highest BCUT2D eigenvalue weighted by Crippen LogP contribution is 2.26. The summed E-state index contributed by atoms with van der Waals surface area (Å²) in [7, 11) is 0. The topological polar surface area (TPSA) is 47.2 Å². The SMILES string of the molecule is O=[N+]([O-])c1ccc2sc3c([n+]2c1)CCCC3. The minimum atomic E-state index is -0.334. The average molecular weight is 235 g/mol. The lowest BCUT2D eigenvalue weighted by Crippen LogP contribution is -2.26. The van der Waals surface area contributed by atoms with Gasteiger partial charge in [0.05, 0.1) is 9.80 Å². The van der Waals surface area contributed by atoms with E-state index in [-0.39, 0.29) is 10.6 Å². The number of nitrogens with zero attached hydrogens (tertiary/aromatic N) is 2. The van der Waals surface area contributed by atoms with Crippen molar-refractivity contribution >= 4 is 21.9 Å². The van der Waals surface area contributed by atoms with E-state index in [2.05, 4.69) is 0 Å². The van der Waals surface area contributed by atoms with Gasteiger partial charge in [-0.15, -0.1) is 4.40 Å². The predicted octanol–water partition coefficient (Wildman–Crippen LogP) is 2.27. The molecule has 82 valence electrons. The molecule has 2 aromatic heterocycles. The summed E-state index contributed by atoms with van der Waals surface area (Å²) >= 11 is 1.76. The zero-order valence-electron chi connectivity index (χ0n) is 8.68. The summed E-state index contributed by atoms with van der Waals surface area (Å²) in [6.07, 6.45) is 6.24. The molecule has 0 radical (unpaired) electrons. The van der Waals surface area contributed by atoms with Gasteiger partial charge in [0, 0.05) is 18.6 Å². The van der Waals surface area contributed by atoms with Crippen LogP contribution in [0.3, 0.4) is 0 Å². The van der Waals surface area contributed by atoms with Gasteiger partial charge >= 0.3 is 5.69 Å². The third-order valence-corrected chi connectivity index (χ3v) is 4.24. The molecule has 0 atom stereocenters. The van der Waals surface area contributed by atoms with Crippen molar-refractivity contribution in [2.75, 3.05) is 0 Å². The van der Waals surface area contributed by atoms with Crippen molar-refractivity contribution in [1.29, 1.82) is 0 Å². The number of thiazole rings is 1.